The highest BCUT2D eigenvalue weighted by atomic mass is 16.4. The molecule has 1 fully saturated rings. The van der Waals surface area contributed by atoms with E-state index in [-0.39, 0.29) is 17.9 Å². The Morgan fingerprint density at radius 2 is 1.77 bits per heavy atom. The standard InChI is InChI=1S/C18H19NO3/c1-11(19-17(20)15-8-9-16(15)18(21)22)13-7-6-12-4-2-3-5-14(12)10-13/h2-7,10-11,15-16H,8-9H2,1H3,(H,19,20)(H,21,22)/t11-,15-,16-/m0/s1. The van der Waals surface area contributed by atoms with Gasteiger partial charge < -0.3 is 10.4 Å². The number of fused-ring (bicyclic) bond motifs is 1. The molecule has 2 N–H and O–H groups in total. The first-order chi connectivity index (χ1) is 10.6. The number of amides is 1. The predicted molar refractivity (Wildman–Crippen MR) is 84.4 cm³/mol. The van der Waals surface area contributed by atoms with Crippen LogP contribution in [0.2, 0.25) is 0 Å². The van der Waals surface area contributed by atoms with Gasteiger partial charge >= 0.3 is 5.97 Å². The number of carboxylic acid groups (broad SMARTS) is 1. The number of nitrogens with one attached hydrogen (secondary N) is 1. The maximum atomic E-state index is 12.2. The number of carboxylic acids is 1. The third kappa shape index (κ3) is 2.69. The van der Waals surface area contributed by atoms with Gasteiger partial charge in [-0.05, 0) is 42.2 Å². The molecule has 0 aromatic heterocycles. The minimum atomic E-state index is -0.871. The Hall–Kier alpha value is -2.36. The van der Waals surface area contributed by atoms with Crippen LogP contribution in [0.4, 0.5) is 0 Å². The van der Waals surface area contributed by atoms with Gasteiger partial charge in [0.25, 0.3) is 0 Å². The summed E-state index contributed by atoms with van der Waals surface area (Å²) in [5.74, 6) is -1.94. The molecule has 114 valence electrons. The van der Waals surface area contributed by atoms with Gasteiger partial charge in [0.05, 0.1) is 17.9 Å². The molecule has 2 aromatic carbocycles. The second-order valence-corrected chi connectivity index (χ2v) is 5.97. The quantitative estimate of drug-likeness (QED) is 0.911. The van der Waals surface area contributed by atoms with E-state index in [1.165, 1.54) is 0 Å². The van der Waals surface area contributed by atoms with Crippen LogP contribution < -0.4 is 5.32 Å². The highest BCUT2D eigenvalue weighted by Crippen LogP contribution is 2.35. The summed E-state index contributed by atoms with van der Waals surface area (Å²) in [7, 11) is 0. The van der Waals surface area contributed by atoms with Crippen molar-refractivity contribution in [2.75, 3.05) is 0 Å². The molecule has 0 unspecified atom stereocenters. The van der Waals surface area contributed by atoms with Crippen molar-refractivity contribution in [3.8, 4) is 0 Å². The van der Waals surface area contributed by atoms with Crippen LogP contribution in [-0.2, 0) is 9.59 Å². The van der Waals surface area contributed by atoms with E-state index in [2.05, 4.69) is 11.4 Å². The maximum absolute atomic E-state index is 12.2. The monoisotopic (exact) mass is 297 g/mol. The molecule has 1 saturated carbocycles. The zero-order valence-electron chi connectivity index (χ0n) is 12.5. The van der Waals surface area contributed by atoms with Crippen molar-refractivity contribution in [1.82, 2.24) is 5.32 Å². The topological polar surface area (TPSA) is 66.4 Å². The van der Waals surface area contributed by atoms with Gasteiger partial charge in [-0.15, -0.1) is 0 Å². The second kappa shape index (κ2) is 5.79. The van der Waals surface area contributed by atoms with Crippen LogP contribution in [-0.4, -0.2) is 17.0 Å². The maximum Gasteiger partial charge on any atom is 0.307 e. The Balaban J connectivity index is 1.71. The van der Waals surface area contributed by atoms with Gasteiger partial charge in [-0.25, -0.2) is 0 Å². The molecule has 1 aliphatic carbocycles. The first kappa shape index (κ1) is 14.6. The molecule has 0 heterocycles. The van der Waals surface area contributed by atoms with Crippen LogP contribution in [0.15, 0.2) is 42.5 Å². The molecule has 3 rings (SSSR count). The third-order valence-electron chi connectivity index (χ3n) is 4.56. The van der Waals surface area contributed by atoms with E-state index in [1.54, 1.807) is 0 Å². The minimum absolute atomic E-state index is 0.132. The summed E-state index contributed by atoms with van der Waals surface area (Å²) in [6.45, 7) is 1.93. The number of benzene rings is 2. The van der Waals surface area contributed by atoms with Gasteiger partial charge in [-0.2, -0.15) is 0 Å². The minimum Gasteiger partial charge on any atom is -0.481 e. The number of carbonyl (C=O) groups is 2. The van der Waals surface area contributed by atoms with Gasteiger partial charge in [0.2, 0.25) is 5.91 Å². The van der Waals surface area contributed by atoms with Crippen molar-refractivity contribution in [3.05, 3.63) is 48.0 Å². The van der Waals surface area contributed by atoms with Crippen LogP contribution in [0.3, 0.4) is 0 Å². The number of hydrogen-bond acceptors (Lipinski definition) is 2. The molecule has 22 heavy (non-hydrogen) atoms. The summed E-state index contributed by atoms with van der Waals surface area (Å²) in [4.78, 5) is 23.2. The van der Waals surface area contributed by atoms with E-state index in [1.807, 2.05) is 43.3 Å². The van der Waals surface area contributed by atoms with Crippen molar-refractivity contribution in [1.29, 1.82) is 0 Å². The molecule has 3 atom stereocenters. The van der Waals surface area contributed by atoms with Gasteiger partial charge in [0, 0.05) is 0 Å². The molecular weight excluding hydrogens is 278 g/mol. The first-order valence-corrected chi connectivity index (χ1v) is 7.58. The predicted octanol–water partition coefficient (Wildman–Crippen LogP) is 3.13. The Morgan fingerprint density at radius 1 is 1.09 bits per heavy atom. The zero-order chi connectivity index (χ0) is 15.7. The Morgan fingerprint density at radius 3 is 2.41 bits per heavy atom. The van der Waals surface area contributed by atoms with Gasteiger partial charge in [-0.1, -0.05) is 36.4 Å². The van der Waals surface area contributed by atoms with E-state index in [0.717, 1.165) is 16.3 Å². The van der Waals surface area contributed by atoms with E-state index in [0.29, 0.717) is 12.8 Å². The fourth-order valence-electron chi connectivity index (χ4n) is 2.99. The van der Waals surface area contributed by atoms with Gasteiger partial charge in [0.15, 0.2) is 0 Å². The van der Waals surface area contributed by atoms with Gasteiger partial charge in [0.1, 0.15) is 0 Å². The highest BCUT2D eigenvalue weighted by molar-refractivity contribution is 5.87. The summed E-state index contributed by atoms with van der Waals surface area (Å²) < 4.78 is 0. The fraction of sp³-hybridized carbons (Fsp3) is 0.333. The molecule has 0 bridgehead atoms. The average Bonchev–Trinajstić information content (AvgIpc) is 2.44. The Bertz CT molecular complexity index is 725. The average molecular weight is 297 g/mol. The highest BCUT2D eigenvalue weighted by Gasteiger charge is 2.41. The summed E-state index contributed by atoms with van der Waals surface area (Å²) in [6.07, 6.45) is 1.25. The lowest BCUT2D eigenvalue weighted by atomic mass is 9.73. The largest absolute Gasteiger partial charge is 0.481 e. The Kier molecular flexibility index (Phi) is 3.84. The van der Waals surface area contributed by atoms with Crippen molar-refractivity contribution in [3.63, 3.8) is 0 Å². The molecule has 2 aromatic rings. The molecule has 1 aliphatic rings. The number of carbonyl (C=O) groups excluding carboxylic acids is 1. The fourth-order valence-corrected chi connectivity index (χ4v) is 2.99. The molecule has 0 radical (unpaired) electrons. The van der Waals surface area contributed by atoms with E-state index in [9.17, 15) is 9.59 Å². The number of rotatable bonds is 4. The lowest BCUT2D eigenvalue weighted by Crippen LogP contribution is -2.44. The zero-order valence-corrected chi connectivity index (χ0v) is 12.5. The van der Waals surface area contributed by atoms with Crippen LogP contribution in [0.1, 0.15) is 31.4 Å². The first-order valence-electron chi connectivity index (χ1n) is 7.58. The second-order valence-electron chi connectivity index (χ2n) is 5.97. The lowest BCUT2D eigenvalue weighted by Gasteiger charge is -2.33. The number of aliphatic carboxylic acids is 1. The van der Waals surface area contributed by atoms with Crippen LogP contribution in [0.5, 0.6) is 0 Å². The molecule has 1 amide bonds. The van der Waals surface area contributed by atoms with E-state index in [4.69, 9.17) is 5.11 Å². The van der Waals surface area contributed by atoms with Crippen LogP contribution >= 0.6 is 0 Å². The summed E-state index contributed by atoms with van der Waals surface area (Å²) in [5, 5.41) is 14.3. The van der Waals surface area contributed by atoms with E-state index < -0.39 is 11.9 Å². The van der Waals surface area contributed by atoms with Crippen LogP contribution in [0.25, 0.3) is 10.8 Å². The van der Waals surface area contributed by atoms with Crippen molar-refractivity contribution in [2.45, 2.75) is 25.8 Å². The van der Waals surface area contributed by atoms with Crippen molar-refractivity contribution >= 4 is 22.6 Å². The SMILES string of the molecule is C[C@H](NC(=O)[C@H]1CC[C@@H]1C(=O)O)c1ccc2ccccc2c1. The molecule has 0 aliphatic heterocycles. The number of hydrogen-bond donors (Lipinski definition) is 2. The molecule has 0 spiro atoms. The van der Waals surface area contributed by atoms with Gasteiger partial charge in [-0.3, -0.25) is 9.59 Å². The Labute approximate surface area is 129 Å². The molecule has 4 nitrogen and oxygen atoms in total. The third-order valence-corrected chi connectivity index (χ3v) is 4.56. The van der Waals surface area contributed by atoms with Crippen molar-refractivity contribution in [2.24, 2.45) is 11.8 Å². The molecular formula is C18H19NO3. The van der Waals surface area contributed by atoms with E-state index >= 15 is 0 Å². The summed E-state index contributed by atoms with van der Waals surface area (Å²) in [6, 6.07) is 14.0. The normalized spacial score (nSPS) is 21.9. The lowest BCUT2D eigenvalue weighted by molar-refractivity contribution is -0.152. The molecule has 0 saturated heterocycles. The van der Waals surface area contributed by atoms with Crippen LogP contribution in [0, 0.1) is 11.8 Å². The summed E-state index contributed by atoms with van der Waals surface area (Å²) in [5.41, 5.74) is 1.03. The summed E-state index contributed by atoms with van der Waals surface area (Å²) >= 11 is 0. The molecule has 4 heteroatoms. The van der Waals surface area contributed by atoms with Crippen molar-refractivity contribution < 1.29 is 14.7 Å². The smallest absolute Gasteiger partial charge is 0.307 e.